The molecule has 1 saturated heterocycles. The summed E-state index contributed by atoms with van der Waals surface area (Å²) in [5.41, 5.74) is 0. The van der Waals surface area contributed by atoms with Crippen LogP contribution in [0, 0.1) is 0 Å². The summed E-state index contributed by atoms with van der Waals surface area (Å²) in [6.45, 7) is 12.1. The Labute approximate surface area is 91.0 Å². The lowest BCUT2D eigenvalue weighted by molar-refractivity contribution is 0.271. The third-order valence-electron chi connectivity index (χ3n) is 3.93. The molecule has 0 spiro atoms. The smallest absolute Gasteiger partial charge is 0.125 e. The first kappa shape index (κ1) is 12.2. The van der Waals surface area contributed by atoms with Gasteiger partial charge in [0.2, 0.25) is 0 Å². The Morgan fingerprint density at radius 1 is 1.14 bits per heavy atom. The summed E-state index contributed by atoms with van der Waals surface area (Å²) in [5.74, 6) is 0. The molecular weight excluding hydrogens is 186 g/mol. The molecule has 84 valence electrons. The van der Waals surface area contributed by atoms with E-state index in [1.54, 1.807) is 0 Å². The van der Waals surface area contributed by atoms with Crippen molar-refractivity contribution in [2.24, 2.45) is 0 Å². The predicted octanol–water partition coefficient (Wildman–Crippen LogP) is 3.86. The van der Waals surface area contributed by atoms with E-state index in [0.717, 1.165) is 12.1 Å². The molecule has 1 atom stereocenters. The number of nitrogens with zero attached hydrogens (tertiary/aromatic N) is 1. The topological polar surface area (TPSA) is 3.24 Å². The Kier molecular flexibility index (Phi) is 4.20. The number of rotatable bonds is 4. The van der Waals surface area contributed by atoms with E-state index in [0.29, 0.717) is 0 Å². The molecule has 14 heavy (non-hydrogen) atoms. The van der Waals surface area contributed by atoms with Crippen LogP contribution in [0.2, 0.25) is 18.6 Å². The summed E-state index contributed by atoms with van der Waals surface area (Å²) in [4.78, 5) is 0. The van der Waals surface area contributed by atoms with Crippen LogP contribution in [0.15, 0.2) is 0 Å². The summed E-state index contributed by atoms with van der Waals surface area (Å²) in [6, 6.07) is 4.62. The Morgan fingerprint density at radius 2 is 1.64 bits per heavy atom. The molecule has 1 heterocycles. The maximum atomic E-state index is 2.89. The van der Waals surface area contributed by atoms with Gasteiger partial charge in [-0.25, -0.2) is 0 Å². The van der Waals surface area contributed by atoms with Crippen molar-refractivity contribution in [2.75, 3.05) is 0 Å². The van der Waals surface area contributed by atoms with E-state index in [-0.39, 0.29) is 0 Å². The summed E-state index contributed by atoms with van der Waals surface area (Å²) in [7, 11) is -1.03. The highest BCUT2D eigenvalue weighted by Gasteiger charge is 2.40. The predicted molar refractivity (Wildman–Crippen MR) is 67.2 cm³/mol. The molecule has 0 amide bonds. The second kappa shape index (κ2) is 4.80. The first-order valence-corrected chi connectivity index (χ1v) is 9.16. The van der Waals surface area contributed by atoms with Crippen LogP contribution < -0.4 is 0 Å². The van der Waals surface area contributed by atoms with E-state index < -0.39 is 8.24 Å². The third kappa shape index (κ3) is 2.40. The molecule has 0 bridgehead atoms. The Hall–Kier alpha value is 0.177. The molecule has 1 rings (SSSR count). The fraction of sp³-hybridized carbons (Fsp3) is 1.00. The van der Waals surface area contributed by atoms with Gasteiger partial charge in [-0.15, -0.1) is 0 Å². The highest BCUT2D eigenvalue weighted by Crippen LogP contribution is 2.35. The summed E-state index contributed by atoms with van der Waals surface area (Å²) in [5, 5.41) is 0. The van der Waals surface area contributed by atoms with Gasteiger partial charge in [-0.3, -0.25) is 0 Å². The van der Waals surface area contributed by atoms with Crippen LogP contribution in [0.5, 0.6) is 0 Å². The second-order valence-electron chi connectivity index (χ2n) is 5.46. The van der Waals surface area contributed by atoms with Crippen molar-refractivity contribution >= 4 is 8.24 Å². The van der Waals surface area contributed by atoms with Crippen molar-refractivity contribution < 1.29 is 0 Å². The van der Waals surface area contributed by atoms with Crippen LogP contribution in [-0.4, -0.2) is 24.9 Å². The van der Waals surface area contributed by atoms with E-state index in [1.807, 2.05) is 0 Å². The fourth-order valence-electron chi connectivity index (χ4n) is 3.26. The molecule has 0 aliphatic carbocycles. The number of hydrogen-bond acceptors (Lipinski definition) is 1. The quantitative estimate of drug-likeness (QED) is 0.641. The second-order valence-corrected chi connectivity index (χ2v) is 9.97. The van der Waals surface area contributed by atoms with E-state index in [1.165, 1.54) is 31.4 Å². The van der Waals surface area contributed by atoms with Crippen molar-refractivity contribution in [3.8, 4) is 0 Å². The van der Waals surface area contributed by atoms with Gasteiger partial charge in [-0.1, -0.05) is 47.1 Å². The zero-order valence-corrected chi connectivity index (χ0v) is 11.6. The van der Waals surface area contributed by atoms with Crippen molar-refractivity contribution in [3.05, 3.63) is 0 Å². The van der Waals surface area contributed by atoms with Gasteiger partial charge in [-0.05, 0) is 24.6 Å². The van der Waals surface area contributed by atoms with E-state index >= 15 is 0 Å². The summed E-state index contributed by atoms with van der Waals surface area (Å²) < 4.78 is 2.89. The molecule has 1 unspecified atom stereocenters. The first-order valence-electron chi connectivity index (χ1n) is 6.29. The van der Waals surface area contributed by atoms with Crippen LogP contribution in [0.1, 0.15) is 47.0 Å². The lowest BCUT2D eigenvalue weighted by Crippen LogP contribution is -2.56. The molecule has 1 aliphatic heterocycles. The normalized spacial score (nSPS) is 23.4. The maximum absolute atomic E-state index is 2.89. The summed E-state index contributed by atoms with van der Waals surface area (Å²) >= 11 is 0. The molecule has 1 fully saturated rings. The van der Waals surface area contributed by atoms with Crippen LogP contribution in [-0.2, 0) is 0 Å². The first-order chi connectivity index (χ1) is 6.51. The van der Waals surface area contributed by atoms with Crippen molar-refractivity contribution in [1.29, 1.82) is 0 Å². The third-order valence-corrected chi connectivity index (χ3v) is 8.99. The van der Waals surface area contributed by atoms with Gasteiger partial charge in [0.25, 0.3) is 0 Å². The molecule has 0 aromatic carbocycles. The minimum Gasteiger partial charge on any atom is -0.319 e. The van der Waals surface area contributed by atoms with Gasteiger partial charge >= 0.3 is 0 Å². The lowest BCUT2D eigenvalue weighted by atomic mass is 10.2. The Balaban J connectivity index is 2.75. The van der Waals surface area contributed by atoms with Crippen molar-refractivity contribution in [2.45, 2.75) is 77.7 Å². The fourth-order valence-corrected chi connectivity index (χ4v) is 8.54. The van der Waals surface area contributed by atoms with Gasteiger partial charge in [-0.2, -0.15) is 0 Å². The average molecular weight is 213 g/mol. The van der Waals surface area contributed by atoms with Gasteiger partial charge < -0.3 is 4.57 Å². The Bertz CT molecular complexity index is 173. The van der Waals surface area contributed by atoms with E-state index in [4.69, 9.17) is 0 Å². The average Bonchev–Trinajstić information content (AvgIpc) is 2.51. The van der Waals surface area contributed by atoms with E-state index in [2.05, 4.69) is 38.8 Å². The zero-order valence-electron chi connectivity index (χ0n) is 10.6. The highest BCUT2D eigenvalue weighted by molar-refractivity contribution is 6.76. The van der Waals surface area contributed by atoms with Gasteiger partial charge in [0.15, 0.2) is 0 Å². The van der Waals surface area contributed by atoms with Crippen molar-refractivity contribution in [3.63, 3.8) is 0 Å². The largest absolute Gasteiger partial charge is 0.319 e. The highest BCUT2D eigenvalue weighted by atomic mass is 28.3. The molecule has 0 aromatic rings. The minimum atomic E-state index is -1.03. The molecule has 1 aliphatic rings. The molecule has 0 N–H and O–H groups in total. The van der Waals surface area contributed by atoms with Crippen LogP contribution in [0.4, 0.5) is 0 Å². The minimum absolute atomic E-state index is 0.750. The Morgan fingerprint density at radius 3 is 2.00 bits per heavy atom. The van der Waals surface area contributed by atoms with Gasteiger partial charge in [0, 0.05) is 6.04 Å². The molecule has 2 heteroatoms. The van der Waals surface area contributed by atoms with Crippen molar-refractivity contribution in [1.82, 2.24) is 4.57 Å². The molecule has 0 aromatic heterocycles. The van der Waals surface area contributed by atoms with Gasteiger partial charge in [0.1, 0.15) is 8.24 Å². The molecular formula is C12H27NSi. The van der Waals surface area contributed by atoms with Gasteiger partial charge in [0.05, 0.1) is 0 Å². The van der Waals surface area contributed by atoms with Crippen LogP contribution in [0.3, 0.4) is 0 Å². The SMILES string of the molecule is CCC(C)N(C(C)C)[Si]1(C)CCCC1. The molecule has 0 saturated carbocycles. The summed E-state index contributed by atoms with van der Waals surface area (Å²) in [6.07, 6.45) is 4.28. The monoisotopic (exact) mass is 213 g/mol. The molecule has 1 nitrogen and oxygen atoms in total. The maximum Gasteiger partial charge on any atom is 0.125 e. The van der Waals surface area contributed by atoms with E-state index in [9.17, 15) is 0 Å². The van der Waals surface area contributed by atoms with Crippen LogP contribution >= 0.6 is 0 Å². The van der Waals surface area contributed by atoms with Crippen LogP contribution in [0.25, 0.3) is 0 Å². The lowest BCUT2D eigenvalue weighted by Gasteiger charge is -2.44. The zero-order chi connectivity index (χ0) is 10.8. The standard InChI is InChI=1S/C12H27NSi/c1-6-12(4)13(11(2)3)14(5)9-7-8-10-14/h11-12H,6-10H2,1-5H3. The number of hydrogen-bond donors (Lipinski definition) is 0. The molecule has 0 radical (unpaired) electrons.